The van der Waals surface area contributed by atoms with Gasteiger partial charge >= 0.3 is 5.97 Å². The highest BCUT2D eigenvalue weighted by Gasteiger charge is 2.10. The van der Waals surface area contributed by atoms with Crippen molar-refractivity contribution >= 4 is 64.2 Å². The number of amides is 1. The number of carboxylic acid groups (broad SMARTS) is 1. The van der Waals surface area contributed by atoms with Crippen molar-refractivity contribution < 1.29 is 19.1 Å². The summed E-state index contributed by atoms with van der Waals surface area (Å²) < 4.78 is 5.69. The number of anilines is 1. The lowest BCUT2D eigenvalue weighted by Gasteiger charge is -2.11. The molecular weight excluding hydrogens is 459 g/mol. The van der Waals surface area contributed by atoms with Crippen LogP contribution in [0, 0.1) is 6.92 Å². The van der Waals surface area contributed by atoms with Crippen LogP contribution in [-0.4, -0.2) is 22.1 Å². The van der Waals surface area contributed by atoms with Crippen molar-refractivity contribution in [2.75, 3.05) is 5.32 Å². The first-order chi connectivity index (χ1) is 14.7. The van der Waals surface area contributed by atoms with Crippen LogP contribution in [-0.2, 0) is 4.79 Å². The van der Waals surface area contributed by atoms with Crippen molar-refractivity contribution in [2.45, 2.75) is 6.92 Å². The zero-order chi connectivity index (χ0) is 22.5. The minimum absolute atomic E-state index is 0.0355. The molecule has 0 aliphatic heterocycles. The van der Waals surface area contributed by atoms with Gasteiger partial charge in [0.05, 0.1) is 10.6 Å². The number of aryl methyl sites for hydroxylation is 1. The third-order valence-corrected chi connectivity index (χ3v) is 4.94. The molecular formula is C22H16Cl2N2O4S. The lowest BCUT2D eigenvalue weighted by Crippen LogP contribution is -2.33. The average molecular weight is 475 g/mol. The monoisotopic (exact) mass is 474 g/mol. The molecule has 0 atom stereocenters. The fraction of sp³-hybridized carbons (Fsp3) is 0.0455. The van der Waals surface area contributed by atoms with Crippen molar-refractivity contribution in [3.8, 4) is 11.3 Å². The largest absolute Gasteiger partial charge is 0.478 e. The second kappa shape index (κ2) is 9.78. The van der Waals surface area contributed by atoms with Gasteiger partial charge in [-0.3, -0.25) is 10.1 Å². The summed E-state index contributed by atoms with van der Waals surface area (Å²) in [7, 11) is 0. The minimum Gasteiger partial charge on any atom is -0.478 e. The molecule has 3 rings (SSSR count). The van der Waals surface area contributed by atoms with Gasteiger partial charge in [-0.25, -0.2) is 4.79 Å². The molecule has 3 aromatic rings. The quantitative estimate of drug-likeness (QED) is 0.320. The van der Waals surface area contributed by atoms with Crippen molar-refractivity contribution in [1.82, 2.24) is 5.32 Å². The van der Waals surface area contributed by atoms with E-state index in [-0.39, 0.29) is 10.7 Å². The highest BCUT2D eigenvalue weighted by molar-refractivity contribution is 7.80. The number of hydrogen-bond acceptors (Lipinski definition) is 4. The molecule has 1 amide bonds. The summed E-state index contributed by atoms with van der Waals surface area (Å²) in [4.78, 5) is 23.3. The van der Waals surface area contributed by atoms with Gasteiger partial charge in [0.15, 0.2) is 5.11 Å². The van der Waals surface area contributed by atoms with Crippen LogP contribution in [0.2, 0.25) is 10.0 Å². The number of thiocarbonyl (C=S) groups is 1. The number of benzene rings is 2. The number of furan rings is 1. The predicted molar refractivity (Wildman–Crippen MR) is 126 cm³/mol. The topological polar surface area (TPSA) is 91.6 Å². The highest BCUT2D eigenvalue weighted by atomic mass is 35.5. The Balaban J connectivity index is 1.62. The SMILES string of the molecule is Cc1ccc(C(=O)O)cc1NC(=S)NC(=O)/C=C/c1ccc(-c2ccc(Cl)cc2Cl)o1. The molecule has 0 unspecified atom stereocenters. The Hall–Kier alpha value is -3.13. The van der Waals surface area contributed by atoms with Crippen molar-refractivity contribution in [2.24, 2.45) is 0 Å². The molecule has 0 aliphatic rings. The van der Waals surface area contributed by atoms with E-state index >= 15 is 0 Å². The molecule has 1 aromatic heterocycles. The zero-order valence-corrected chi connectivity index (χ0v) is 18.4. The fourth-order valence-corrected chi connectivity index (χ4v) is 3.34. The number of carboxylic acids is 1. The van der Waals surface area contributed by atoms with Crippen LogP contribution in [0.3, 0.4) is 0 Å². The molecule has 0 fully saturated rings. The van der Waals surface area contributed by atoms with Gasteiger partial charge in [-0.2, -0.15) is 0 Å². The number of nitrogens with one attached hydrogen (secondary N) is 2. The fourth-order valence-electron chi connectivity index (χ4n) is 2.63. The number of carbonyl (C=O) groups excluding carboxylic acids is 1. The Morgan fingerprint density at radius 1 is 1.10 bits per heavy atom. The average Bonchev–Trinajstić information content (AvgIpc) is 3.16. The third-order valence-electron chi connectivity index (χ3n) is 4.19. The first kappa shape index (κ1) is 22.6. The van der Waals surface area contributed by atoms with Crippen molar-refractivity contribution in [3.63, 3.8) is 0 Å². The molecule has 31 heavy (non-hydrogen) atoms. The Morgan fingerprint density at radius 3 is 2.58 bits per heavy atom. The number of carbonyl (C=O) groups is 2. The second-order valence-electron chi connectivity index (χ2n) is 6.44. The number of halogens is 2. The zero-order valence-electron chi connectivity index (χ0n) is 16.1. The van der Waals surface area contributed by atoms with Crippen LogP contribution in [0.1, 0.15) is 21.7 Å². The smallest absolute Gasteiger partial charge is 0.335 e. The van der Waals surface area contributed by atoms with Crippen LogP contribution < -0.4 is 10.6 Å². The molecule has 9 heteroatoms. The van der Waals surface area contributed by atoms with Gasteiger partial charge in [0.25, 0.3) is 0 Å². The van der Waals surface area contributed by atoms with Crippen LogP contribution >= 0.6 is 35.4 Å². The maximum atomic E-state index is 12.1. The van der Waals surface area contributed by atoms with E-state index in [4.69, 9.17) is 44.9 Å². The summed E-state index contributed by atoms with van der Waals surface area (Å²) in [6.45, 7) is 1.79. The van der Waals surface area contributed by atoms with Gasteiger partial charge < -0.3 is 14.8 Å². The summed E-state index contributed by atoms with van der Waals surface area (Å²) in [5.74, 6) is -0.557. The van der Waals surface area contributed by atoms with Crippen LogP contribution in [0.5, 0.6) is 0 Å². The first-order valence-electron chi connectivity index (χ1n) is 8.92. The molecule has 0 aliphatic carbocycles. The van der Waals surface area contributed by atoms with E-state index in [0.29, 0.717) is 32.8 Å². The maximum Gasteiger partial charge on any atom is 0.335 e. The van der Waals surface area contributed by atoms with Crippen LogP contribution in [0.4, 0.5) is 5.69 Å². The second-order valence-corrected chi connectivity index (χ2v) is 7.69. The Labute approximate surface area is 193 Å². The number of aromatic carboxylic acids is 1. The summed E-state index contributed by atoms with van der Waals surface area (Å²) in [6.07, 6.45) is 2.75. The van der Waals surface area contributed by atoms with Crippen LogP contribution in [0.25, 0.3) is 17.4 Å². The van der Waals surface area contributed by atoms with Gasteiger partial charge in [0.2, 0.25) is 5.91 Å². The lowest BCUT2D eigenvalue weighted by atomic mass is 10.1. The molecule has 6 nitrogen and oxygen atoms in total. The standard InChI is InChI=1S/C22H16Cl2N2O4S/c1-12-2-3-13(21(28)29)10-18(12)25-22(31)26-20(27)9-6-15-5-8-19(30-15)16-7-4-14(23)11-17(16)24/h2-11H,1H3,(H,28,29)(H2,25,26,27,31)/b9-6+. The van der Waals surface area contributed by atoms with Gasteiger partial charge in [0.1, 0.15) is 11.5 Å². The van der Waals surface area contributed by atoms with Crippen LogP contribution in [0.15, 0.2) is 59.0 Å². The van der Waals surface area contributed by atoms with Gasteiger partial charge in [0, 0.05) is 22.3 Å². The van der Waals surface area contributed by atoms with E-state index in [1.807, 2.05) is 0 Å². The van der Waals surface area contributed by atoms with Gasteiger partial charge in [-0.15, -0.1) is 0 Å². The molecule has 0 spiro atoms. The van der Waals surface area contributed by atoms with E-state index in [2.05, 4.69) is 10.6 Å². The Morgan fingerprint density at radius 2 is 1.87 bits per heavy atom. The molecule has 158 valence electrons. The molecule has 0 bridgehead atoms. The number of rotatable bonds is 5. The molecule has 2 aromatic carbocycles. The molecule has 0 radical (unpaired) electrons. The van der Waals surface area contributed by atoms with E-state index in [1.165, 1.54) is 24.3 Å². The summed E-state index contributed by atoms with van der Waals surface area (Å²) in [6, 6.07) is 13.1. The summed E-state index contributed by atoms with van der Waals surface area (Å²) in [5, 5.41) is 15.4. The molecule has 1 heterocycles. The van der Waals surface area contributed by atoms with E-state index in [9.17, 15) is 9.59 Å². The predicted octanol–water partition coefficient (Wildman–Crippen LogP) is 5.79. The van der Waals surface area contributed by atoms with E-state index in [1.54, 1.807) is 43.3 Å². The lowest BCUT2D eigenvalue weighted by molar-refractivity contribution is -0.115. The van der Waals surface area contributed by atoms with Crippen molar-refractivity contribution in [3.05, 3.63) is 81.5 Å². The summed E-state index contributed by atoms with van der Waals surface area (Å²) >= 11 is 17.2. The van der Waals surface area contributed by atoms with Crippen molar-refractivity contribution in [1.29, 1.82) is 0 Å². The van der Waals surface area contributed by atoms with Gasteiger partial charge in [-0.1, -0.05) is 29.3 Å². The summed E-state index contributed by atoms with van der Waals surface area (Å²) in [5.41, 5.74) is 2.06. The van der Waals surface area contributed by atoms with E-state index < -0.39 is 11.9 Å². The van der Waals surface area contributed by atoms with Gasteiger partial charge in [-0.05, 0) is 73.2 Å². The van der Waals surface area contributed by atoms with E-state index in [0.717, 1.165) is 5.56 Å². The normalized spacial score (nSPS) is 10.8. The maximum absolute atomic E-state index is 12.1. The highest BCUT2D eigenvalue weighted by Crippen LogP contribution is 2.31. The Kier molecular flexibility index (Phi) is 7.12. The third kappa shape index (κ3) is 5.95. The molecule has 0 saturated carbocycles. The molecule has 3 N–H and O–H groups in total. The number of hydrogen-bond donors (Lipinski definition) is 3. The molecule has 0 saturated heterocycles. The minimum atomic E-state index is -1.06. The Bertz CT molecular complexity index is 1200. The first-order valence-corrected chi connectivity index (χ1v) is 10.1.